The Morgan fingerprint density at radius 1 is 1.12 bits per heavy atom. The highest BCUT2D eigenvalue weighted by molar-refractivity contribution is 5.79. The summed E-state index contributed by atoms with van der Waals surface area (Å²) < 4.78 is 5.33. The summed E-state index contributed by atoms with van der Waals surface area (Å²) in [6, 6.07) is 10.6. The molecule has 5 heteroatoms. The molecule has 0 spiro atoms. The summed E-state index contributed by atoms with van der Waals surface area (Å²) in [5, 5.41) is 0. The second-order valence-electron chi connectivity index (χ2n) is 6.96. The van der Waals surface area contributed by atoms with Gasteiger partial charge < -0.3 is 20.3 Å². The number of nitrogens with zero attached hydrogens (tertiary/aromatic N) is 2. The summed E-state index contributed by atoms with van der Waals surface area (Å²) in [5.41, 5.74) is 7.61. The molecule has 0 aliphatic carbocycles. The minimum Gasteiger partial charge on any atom is -0.378 e. The van der Waals surface area contributed by atoms with Gasteiger partial charge in [-0.2, -0.15) is 0 Å². The third-order valence-electron chi connectivity index (χ3n) is 5.09. The van der Waals surface area contributed by atoms with E-state index < -0.39 is 0 Å². The van der Waals surface area contributed by atoms with Crippen LogP contribution in [0.4, 0.5) is 0 Å². The average molecular weight is 331 g/mol. The maximum absolute atomic E-state index is 12.6. The molecule has 1 amide bonds. The van der Waals surface area contributed by atoms with Crippen LogP contribution in [0.3, 0.4) is 0 Å². The van der Waals surface area contributed by atoms with Gasteiger partial charge in [0.2, 0.25) is 5.91 Å². The van der Waals surface area contributed by atoms with E-state index in [9.17, 15) is 4.79 Å². The Balaban J connectivity index is 1.40. The number of likely N-dealkylation sites (tertiary alicyclic amines) is 1. The Morgan fingerprint density at radius 2 is 1.79 bits per heavy atom. The van der Waals surface area contributed by atoms with Crippen LogP contribution in [0.5, 0.6) is 0 Å². The second-order valence-corrected chi connectivity index (χ2v) is 6.96. The lowest BCUT2D eigenvalue weighted by molar-refractivity contribution is -0.141. The van der Waals surface area contributed by atoms with Gasteiger partial charge in [0.1, 0.15) is 0 Å². The molecule has 0 saturated carbocycles. The maximum Gasteiger partial charge on any atom is 0.225 e. The summed E-state index contributed by atoms with van der Waals surface area (Å²) in [6.45, 7) is 5.72. The highest BCUT2D eigenvalue weighted by Gasteiger charge is 2.29. The number of carbonyl (C=O) groups is 1. The number of piperidine rings is 1. The minimum absolute atomic E-state index is 0.152. The summed E-state index contributed by atoms with van der Waals surface area (Å²) in [5.74, 6) is 0.510. The van der Waals surface area contributed by atoms with Crippen molar-refractivity contribution in [1.29, 1.82) is 0 Å². The lowest BCUT2D eigenvalue weighted by Gasteiger charge is -2.36. The quantitative estimate of drug-likeness (QED) is 0.879. The molecule has 2 fully saturated rings. The molecule has 3 rings (SSSR count). The molecule has 2 aliphatic heterocycles. The Hall–Kier alpha value is -1.43. The summed E-state index contributed by atoms with van der Waals surface area (Å²) >= 11 is 0. The molecule has 0 unspecified atom stereocenters. The Labute approximate surface area is 144 Å². The van der Waals surface area contributed by atoms with Crippen molar-refractivity contribution in [2.75, 3.05) is 45.9 Å². The lowest BCUT2D eigenvalue weighted by atomic mass is 9.94. The number of hydrogen-bond acceptors (Lipinski definition) is 4. The van der Waals surface area contributed by atoms with Gasteiger partial charge in [0.15, 0.2) is 0 Å². The van der Waals surface area contributed by atoms with Crippen molar-refractivity contribution in [3.8, 4) is 0 Å². The number of nitrogens with two attached hydrogens (primary N) is 1. The summed E-state index contributed by atoms with van der Waals surface area (Å²) in [4.78, 5) is 16.9. The summed E-state index contributed by atoms with van der Waals surface area (Å²) in [7, 11) is 0. The van der Waals surface area contributed by atoms with Crippen LogP contribution in [0.2, 0.25) is 0 Å². The van der Waals surface area contributed by atoms with E-state index in [0.29, 0.717) is 19.1 Å². The van der Waals surface area contributed by atoms with Crippen LogP contribution < -0.4 is 5.73 Å². The van der Waals surface area contributed by atoms with Crippen LogP contribution in [0.1, 0.15) is 18.4 Å². The second kappa shape index (κ2) is 8.60. The molecule has 24 heavy (non-hydrogen) atoms. The standard InChI is InChI=1S/C19H29N3O2/c20-18(14-16-4-2-1-3-5-16)15-21-8-6-17(7-9-21)19(23)22-10-12-24-13-11-22/h1-5,17-18H,6-15,20H2/t18-/m0/s1. The highest BCUT2D eigenvalue weighted by atomic mass is 16.5. The first-order valence-electron chi connectivity index (χ1n) is 9.11. The number of hydrogen-bond donors (Lipinski definition) is 1. The van der Waals surface area contributed by atoms with E-state index in [2.05, 4.69) is 29.2 Å². The molecule has 1 aromatic rings. The number of amides is 1. The van der Waals surface area contributed by atoms with Gasteiger partial charge in [0.25, 0.3) is 0 Å². The molecule has 2 aliphatic rings. The van der Waals surface area contributed by atoms with Crippen LogP contribution in [0.25, 0.3) is 0 Å². The van der Waals surface area contributed by atoms with E-state index in [1.807, 2.05) is 11.0 Å². The largest absolute Gasteiger partial charge is 0.378 e. The van der Waals surface area contributed by atoms with Crippen LogP contribution in [0, 0.1) is 5.92 Å². The van der Waals surface area contributed by atoms with Crippen molar-refractivity contribution >= 4 is 5.91 Å². The number of carbonyl (C=O) groups excluding carboxylic acids is 1. The normalized spacial score (nSPS) is 21.6. The van der Waals surface area contributed by atoms with E-state index in [1.165, 1.54) is 5.56 Å². The zero-order valence-electron chi connectivity index (χ0n) is 14.4. The molecule has 2 N–H and O–H groups in total. The number of morpholine rings is 1. The molecule has 0 bridgehead atoms. The molecule has 132 valence electrons. The zero-order valence-corrected chi connectivity index (χ0v) is 14.4. The zero-order chi connectivity index (χ0) is 16.8. The third-order valence-corrected chi connectivity index (χ3v) is 5.09. The van der Waals surface area contributed by atoms with Crippen molar-refractivity contribution in [3.63, 3.8) is 0 Å². The lowest BCUT2D eigenvalue weighted by Crippen LogP contribution is -2.48. The molecule has 0 aromatic heterocycles. The van der Waals surface area contributed by atoms with Crippen molar-refractivity contribution in [3.05, 3.63) is 35.9 Å². The van der Waals surface area contributed by atoms with E-state index >= 15 is 0 Å². The maximum atomic E-state index is 12.6. The van der Waals surface area contributed by atoms with Gasteiger partial charge in [0, 0.05) is 31.6 Å². The minimum atomic E-state index is 0.152. The van der Waals surface area contributed by atoms with Crippen LogP contribution in [0.15, 0.2) is 30.3 Å². The van der Waals surface area contributed by atoms with Crippen LogP contribution in [-0.4, -0.2) is 67.7 Å². The fraction of sp³-hybridized carbons (Fsp3) is 0.632. The van der Waals surface area contributed by atoms with Crippen molar-refractivity contribution < 1.29 is 9.53 Å². The highest BCUT2D eigenvalue weighted by Crippen LogP contribution is 2.20. The number of rotatable bonds is 5. The van der Waals surface area contributed by atoms with Crippen molar-refractivity contribution in [2.45, 2.75) is 25.3 Å². The Kier molecular flexibility index (Phi) is 6.24. The van der Waals surface area contributed by atoms with Crippen molar-refractivity contribution in [1.82, 2.24) is 9.80 Å². The van der Waals surface area contributed by atoms with Gasteiger partial charge in [-0.25, -0.2) is 0 Å². The van der Waals surface area contributed by atoms with Gasteiger partial charge in [-0.05, 0) is 37.9 Å². The fourth-order valence-corrected chi connectivity index (χ4v) is 3.72. The third kappa shape index (κ3) is 4.79. The van der Waals surface area contributed by atoms with E-state index in [0.717, 1.165) is 52.0 Å². The molecule has 0 radical (unpaired) electrons. The van der Waals surface area contributed by atoms with Gasteiger partial charge in [-0.1, -0.05) is 30.3 Å². The average Bonchev–Trinajstić information content (AvgIpc) is 2.63. The number of ether oxygens (including phenoxy) is 1. The SMILES string of the molecule is N[C@@H](Cc1ccccc1)CN1CCC(C(=O)N2CCOCC2)CC1. The molecule has 1 aromatic carbocycles. The Bertz CT molecular complexity index is 509. The number of benzene rings is 1. The predicted molar refractivity (Wildman–Crippen MR) is 94.7 cm³/mol. The molecule has 2 saturated heterocycles. The molecular formula is C19H29N3O2. The smallest absolute Gasteiger partial charge is 0.225 e. The first-order chi connectivity index (χ1) is 11.7. The van der Waals surface area contributed by atoms with Gasteiger partial charge in [0.05, 0.1) is 13.2 Å². The van der Waals surface area contributed by atoms with Gasteiger partial charge in [-0.3, -0.25) is 4.79 Å². The van der Waals surface area contributed by atoms with Crippen LogP contribution >= 0.6 is 0 Å². The molecule has 2 heterocycles. The summed E-state index contributed by atoms with van der Waals surface area (Å²) in [6.07, 6.45) is 2.82. The van der Waals surface area contributed by atoms with Crippen LogP contribution in [-0.2, 0) is 16.0 Å². The predicted octanol–water partition coefficient (Wildman–Crippen LogP) is 1.13. The van der Waals surface area contributed by atoms with Gasteiger partial charge >= 0.3 is 0 Å². The molecule has 1 atom stereocenters. The van der Waals surface area contributed by atoms with E-state index in [1.54, 1.807) is 0 Å². The first-order valence-corrected chi connectivity index (χ1v) is 9.11. The monoisotopic (exact) mass is 331 g/mol. The van der Waals surface area contributed by atoms with E-state index in [4.69, 9.17) is 10.5 Å². The molecular weight excluding hydrogens is 302 g/mol. The van der Waals surface area contributed by atoms with Gasteiger partial charge in [-0.15, -0.1) is 0 Å². The topological polar surface area (TPSA) is 58.8 Å². The Morgan fingerprint density at radius 3 is 2.46 bits per heavy atom. The fourth-order valence-electron chi connectivity index (χ4n) is 3.72. The first kappa shape index (κ1) is 17.4. The molecule has 5 nitrogen and oxygen atoms in total. The van der Waals surface area contributed by atoms with E-state index in [-0.39, 0.29) is 12.0 Å². The van der Waals surface area contributed by atoms with Crippen molar-refractivity contribution in [2.24, 2.45) is 11.7 Å².